The SMILES string of the molecule is Cc1ccc(O)c(CNCC2CCN(C)CC2)c1. The first-order valence-electron chi connectivity index (χ1n) is 6.83. The Morgan fingerprint density at radius 2 is 2.06 bits per heavy atom. The molecule has 1 aromatic carbocycles. The van der Waals surface area contributed by atoms with Crippen molar-refractivity contribution in [1.29, 1.82) is 0 Å². The number of phenols is 1. The van der Waals surface area contributed by atoms with E-state index < -0.39 is 0 Å². The number of hydrogen-bond acceptors (Lipinski definition) is 3. The molecule has 0 aliphatic carbocycles. The van der Waals surface area contributed by atoms with Crippen LogP contribution in [0.2, 0.25) is 0 Å². The number of phenolic OH excluding ortho intramolecular Hbond substituents is 1. The maximum Gasteiger partial charge on any atom is 0.120 e. The van der Waals surface area contributed by atoms with Gasteiger partial charge in [-0.3, -0.25) is 0 Å². The molecule has 0 atom stereocenters. The summed E-state index contributed by atoms with van der Waals surface area (Å²) in [6.45, 7) is 6.30. The minimum atomic E-state index is 0.400. The second kappa shape index (κ2) is 6.21. The highest BCUT2D eigenvalue weighted by atomic mass is 16.3. The number of piperidine rings is 1. The van der Waals surface area contributed by atoms with Gasteiger partial charge in [-0.05, 0) is 58.4 Å². The Balaban J connectivity index is 1.76. The average molecular weight is 248 g/mol. The monoisotopic (exact) mass is 248 g/mol. The van der Waals surface area contributed by atoms with E-state index in [2.05, 4.69) is 30.3 Å². The van der Waals surface area contributed by atoms with Crippen LogP contribution in [-0.2, 0) is 6.54 Å². The van der Waals surface area contributed by atoms with Crippen molar-refractivity contribution in [3.05, 3.63) is 29.3 Å². The molecule has 2 N–H and O–H groups in total. The standard InChI is InChI=1S/C15H24N2O/c1-12-3-4-15(18)14(9-12)11-16-10-13-5-7-17(2)8-6-13/h3-4,9,13,16,18H,5-8,10-11H2,1-2H3. The van der Waals surface area contributed by atoms with Crippen LogP contribution in [0.15, 0.2) is 18.2 Å². The molecule has 1 fully saturated rings. The zero-order valence-electron chi connectivity index (χ0n) is 11.4. The fraction of sp³-hybridized carbons (Fsp3) is 0.600. The van der Waals surface area contributed by atoms with Crippen LogP contribution >= 0.6 is 0 Å². The van der Waals surface area contributed by atoms with Crippen LogP contribution < -0.4 is 5.32 Å². The summed E-state index contributed by atoms with van der Waals surface area (Å²) < 4.78 is 0. The molecule has 3 heteroatoms. The molecule has 0 radical (unpaired) electrons. The van der Waals surface area contributed by atoms with E-state index in [1.807, 2.05) is 6.07 Å². The third-order valence-corrected chi connectivity index (χ3v) is 3.82. The Kier molecular flexibility index (Phi) is 4.61. The summed E-state index contributed by atoms with van der Waals surface area (Å²) in [5.74, 6) is 1.18. The highest BCUT2D eigenvalue weighted by molar-refractivity contribution is 5.35. The van der Waals surface area contributed by atoms with Crippen LogP contribution in [0, 0.1) is 12.8 Å². The van der Waals surface area contributed by atoms with Gasteiger partial charge < -0.3 is 15.3 Å². The third kappa shape index (κ3) is 3.72. The third-order valence-electron chi connectivity index (χ3n) is 3.82. The van der Waals surface area contributed by atoms with Gasteiger partial charge in [-0.1, -0.05) is 17.7 Å². The molecule has 0 spiro atoms. The average Bonchev–Trinajstić information content (AvgIpc) is 2.36. The predicted molar refractivity (Wildman–Crippen MR) is 74.8 cm³/mol. The highest BCUT2D eigenvalue weighted by Crippen LogP contribution is 2.19. The van der Waals surface area contributed by atoms with E-state index in [0.29, 0.717) is 5.75 Å². The van der Waals surface area contributed by atoms with E-state index >= 15 is 0 Å². The first-order chi connectivity index (χ1) is 8.65. The van der Waals surface area contributed by atoms with Crippen LogP contribution in [0.4, 0.5) is 0 Å². The number of nitrogens with one attached hydrogen (secondary N) is 1. The van der Waals surface area contributed by atoms with E-state index in [1.165, 1.54) is 31.5 Å². The lowest BCUT2D eigenvalue weighted by Gasteiger charge is -2.29. The van der Waals surface area contributed by atoms with E-state index in [1.54, 1.807) is 6.07 Å². The van der Waals surface area contributed by atoms with Crippen molar-refractivity contribution in [1.82, 2.24) is 10.2 Å². The summed E-state index contributed by atoms with van der Waals surface area (Å²) >= 11 is 0. The van der Waals surface area contributed by atoms with Gasteiger partial charge in [0, 0.05) is 12.1 Å². The van der Waals surface area contributed by atoms with Crippen LogP contribution in [-0.4, -0.2) is 36.7 Å². The summed E-state index contributed by atoms with van der Waals surface area (Å²) in [5.41, 5.74) is 2.20. The van der Waals surface area contributed by atoms with Crippen LogP contribution in [0.1, 0.15) is 24.0 Å². The second-order valence-corrected chi connectivity index (χ2v) is 5.51. The summed E-state index contributed by atoms with van der Waals surface area (Å²) in [4.78, 5) is 2.39. The molecular formula is C15H24N2O. The molecule has 0 amide bonds. The quantitative estimate of drug-likeness (QED) is 0.857. The van der Waals surface area contributed by atoms with Gasteiger partial charge in [-0.25, -0.2) is 0 Å². The Labute approximate surface area is 110 Å². The molecule has 1 heterocycles. The lowest BCUT2D eigenvalue weighted by molar-refractivity contribution is 0.216. The van der Waals surface area contributed by atoms with Gasteiger partial charge in [-0.15, -0.1) is 0 Å². The van der Waals surface area contributed by atoms with Gasteiger partial charge in [0.25, 0.3) is 0 Å². The van der Waals surface area contributed by atoms with E-state index in [4.69, 9.17) is 0 Å². The Bertz CT molecular complexity index is 384. The van der Waals surface area contributed by atoms with Crippen molar-refractivity contribution in [3.63, 3.8) is 0 Å². The Morgan fingerprint density at radius 1 is 1.33 bits per heavy atom. The number of nitrogens with zero attached hydrogens (tertiary/aromatic N) is 1. The summed E-state index contributed by atoms with van der Waals surface area (Å²) in [6, 6.07) is 5.77. The number of likely N-dealkylation sites (tertiary alicyclic amines) is 1. The van der Waals surface area contributed by atoms with Crippen molar-refractivity contribution in [2.75, 3.05) is 26.7 Å². The molecule has 3 nitrogen and oxygen atoms in total. The molecule has 0 aromatic heterocycles. The van der Waals surface area contributed by atoms with E-state index in [9.17, 15) is 5.11 Å². The molecule has 0 unspecified atom stereocenters. The molecule has 1 aromatic rings. The molecular weight excluding hydrogens is 224 g/mol. The van der Waals surface area contributed by atoms with Crippen molar-refractivity contribution in [3.8, 4) is 5.75 Å². The van der Waals surface area contributed by atoms with Crippen molar-refractivity contribution < 1.29 is 5.11 Å². The van der Waals surface area contributed by atoms with Crippen molar-refractivity contribution in [2.45, 2.75) is 26.3 Å². The van der Waals surface area contributed by atoms with Gasteiger partial charge in [0.1, 0.15) is 5.75 Å². The number of rotatable bonds is 4. The van der Waals surface area contributed by atoms with Crippen molar-refractivity contribution >= 4 is 0 Å². The lowest BCUT2D eigenvalue weighted by atomic mass is 9.97. The first kappa shape index (κ1) is 13.4. The van der Waals surface area contributed by atoms with Crippen molar-refractivity contribution in [2.24, 2.45) is 5.92 Å². The number of benzene rings is 1. The van der Waals surface area contributed by atoms with Gasteiger partial charge in [0.2, 0.25) is 0 Å². The van der Waals surface area contributed by atoms with Gasteiger partial charge in [0.15, 0.2) is 0 Å². The zero-order valence-corrected chi connectivity index (χ0v) is 11.4. The number of hydrogen-bond donors (Lipinski definition) is 2. The molecule has 18 heavy (non-hydrogen) atoms. The fourth-order valence-electron chi connectivity index (χ4n) is 2.53. The maximum atomic E-state index is 9.76. The van der Waals surface area contributed by atoms with Gasteiger partial charge in [-0.2, -0.15) is 0 Å². The minimum absolute atomic E-state index is 0.400. The van der Waals surface area contributed by atoms with Crippen LogP contribution in [0.25, 0.3) is 0 Å². The van der Waals surface area contributed by atoms with Gasteiger partial charge >= 0.3 is 0 Å². The fourth-order valence-corrected chi connectivity index (χ4v) is 2.53. The first-order valence-corrected chi connectivity index (χ1v) is 6.83. The van der Waals surface area contributed by atoms with Crippen LogP contribution in [0.5, 0.6) is 5.75 Å². The second-order valence-electron chi connectivity index (χ2n) is 5.51. The molecule has 100 valence electrons. The number of aryl methyl sites for hydroxylation is 1. The van der Waals surface area contributed by atoms with E-state index in [0.717, 1.165) is 24.6 Å². The maximum absolute atomic E-state index is 9.76. The normalized spacial score (nSPS) is 18.1. The molecule has 1 aliphatic rings. The molecule has 1 aliphatic heterocycles. The topological polar surface area (TPSA) is 35.5 Å². The lowest BCUT2D eigenvalue weighted by Crippen LogP contribution is -2.34. The summed E-state index contributed by atoms with van der Waals surface area (Å²) in [5, 5.41) is 13.2. The number of aromatic hydroxyl groups is 1. The highest BCUT2D eigenvalue weighted by Gasteiger charge is 2.16. The van der Waals surface area contributed by atoms with Gasteiger partial charge in [0.05, 0.1) is 0 Å². The largest absolute Gasteiger partial charge is 0.508 e. The summed E-state index contributed by atoms with van der Waals surface area (Å²) in [7, 11) is 2.19. The smallest absolute Gasteiger partial charge is 0.120 e. The molecule has 1 saturated heterocycles. The molecule has 0 bridgehead atoms. The minimum Gasteiger partial charge on any atom is -0.508 e. The molecule has 2 rings (SSSR count). The van der Waals surface area contributed by atoms with Crippen LogP contribution in [0.3, 0.4) is 0 Å². The van der Waals surface area contributed by atoms with E-state index in [-0.39, 0.29) is 0 Å². The predicted octanol–water partition coefficient (Wildman–Crippen LogP) is 2.13. The zero-order chi connectivity index (χ0) is 13.0. The Morgan fingerprint density at radius 3 is 2.78 bits per heavy atom. The summed E-state index contributed by atoms with van der Waals surface area (Å²) in [6.07, 6.45) is 2.56. The molecule has 0 saturated carbocycles. The Hall–Kier alpha value is -1.06.